The highest BCUT2D eigenvalue weighted by atomic mass is 79.9. The summed E-state index contributed by atoms with van der Waals surface area (Å²) in [6, 6.07) is 4.95. The molecular weight excluding hydrogens is 292 g/mol. The number of hydrogen-bond donors (Lipinski definition) is 0. The Morgan fingerprint density at radius 3 is 2.94 bits per heavy atom. The number of pyridine rings is 1. The first kappa shape index (κ1) is 12.1. The lowest BCUT2D eigenvalue weighted by molar-refractivity contribution is 0.197. The number of fused-ring (bicyclic) bond motifs is 1. The van der Waals surface area contributed by atoms with Crippen LogP contribution in [0.4, 0.5) is 0 Å². The van der Waals surface area contributed by atoms with Crippen molar-refractivity contribution in [2.75, 3.05) is 6.54 Å². The zero-order valence-corrected chi connectivity index (χ0v) is 12.3. The van der Waals surface area contributed by atoms with Crippen molar-refractivity contribution in [2.45, 2.75) is 38.8 Å². The molecule has 5 heteroatoms. The van der Waals surface area contributed by atoms with Crippen molar-refractivity contribution in [2.24, 2.45) is 0 Å². The van der Waals surface area contributed by atoms with Crippen LogP contribution in [0, 0.1) is 0 Å². The van der Waals surface area contributed by atoms with Gasteiger partial charge < -0.3 is 0 Å². The number of aromatic nitrogens is 3. The summed E-state index contributed by atoms with van der Waals surface area (Å²) in [5.74, 6) is 1.07. The minimum Gasteiger partial charge on any atom is -0.291 e. The molecule has 96 valence electrons. The monoisotopic (exact) mass is 308 g/mol. The number of nitrogens with zero attached hydrogens (tertiary/aromatic N) is 4. The third-order valence-electron chi connectivity index (χ3n) is 3.65. The average molecular weight is 309 g/mol. The summed E-state index contributed by atoms with van der Waals surface area (Å²) in [5.41, 5.74) is 0.920. The van der Waals surface area contributed by atoms with E-state index in [1.165, 1.54) is 12.8 Å². The fraction of sp³-hybridized carbons (Fsp3) is 0.538. The summed E-state index contributed by atoms with van der Waals surface area (Å²) in [4.78, 5) is 2.51. The Balaban J connectivity index is 2.06. The van der Waals surface area contributed by atoms with Crippen LogP contribution in [-0.2, 0) is 0 Å². The van der Waals surface area contributed by atoms with Gasteiger partial charge in [0.15, 0.2) is 11.5 Å². The molecule has 4 nitrogen and oxygen atoms in total. The first-order chi connectivity index (χ1) is 8.66. The van der Waals surface area contributed by atoms with E-state index in [0.717, 1.165) is 22.5 Å². The van der Waals surface area contributed by atoms with Crippen molar-refractivity contribution in [1.29, 1.82) is 0 Å². The van der Waals surface area contributed by atoms with Crippen LogP contribution in [-0.4, -0.2) is 32.1 Å². The zero-order chi connectivity index (χ0) is 12.7. The lowest BCUT2D eigenvalue weighted by atomic mass is 10.2. The molecule has 0 bridgehead atoms. The Bertz CT molecular complexity index is 563. The summed E-state index contributed by atoms with van der Waals surface area (Å²) in [6.45, 7) is 5.65. The topological polar surface area (TPSA) is 33.4 Å². The lowest BCUT2D eigenvalue weighted by Crippen LogP contribution is -2.31. The van der Waals surface area contributed by atoms with Gasteiger partial charge in [-0.15, -0.1) is 10.2 Å². The fourth-order valence-electron chi connectivity index (χ4n) is 2.79. The molecule has 0 N–H and O–H groups in total. The molecule has 0 saturated carbocycles. The Morgan fingerprint density at radius 2 is 2.17 bits per heavy atom. The van der Waals surface area contributed by atoms with Crippen LogP contribution in [0.15, 0.2) is 22.8 Å². The average Bonchev–Trinajstić information content (AvgIpc) is 2.92. The molecule has 0 aromatic carbocycles. The van der Waals surface area contributed by atoms with Gasteiger partial charge in [-0.25, -0.2) is 0 Å². The normalized spacial score (nSPS) is 21.2. The number of hydrogen-bond acceptors (Lipinski definition) is 3. The van der Waals surface area contributed by atoms with Gasteiger partial charge in [-0.3, -0.25) is 9.30 Å². The van der Waals surface area contributed by atoms with Crippen molar-refractivity contribution in [3.8, 4) is 0 Å². The third-order valence-corrected chi connectivity index (χ3v) is 4.12. The molecule has 0 spiro atoms. The molecule has 0 aliphatic carbocycles. The first-order valence-corrected chi connectivity index (χ1v) is 7.22. The standard InChI is InChI=1S/C13H17BrN4/c1-9(2)17-7-3-4-11(17)13-16-15-12-6-5-10(14)8-18(12)13/h5-6,8-9,11H,3-4,7H2,1-2H3. The SMILES string of the molecule is CC(C)N1CCCC1c1nnc2ccc(Br)cn12. The summed E-state index contributed by atoms with van der Waals surface area (Å²) < 4.78 is 3.17. The van der Waals surface area contributed by atoms with Crippen molar-refractivity contribution in [3.05, 3.63) is 28.6 Å². The molecule has 1 unspecified atom stereocenters. The predicted octanol–water partition coefficient (Wildman–Crippen LogP) is 3.04. The van der Waals surface area contributed by atoms with Gasteiger partial charge in [0.2, 0.25) is 0 Å². The van der Waals surface area contributed by atoms with E-state index in [1.54, 1.807) is 0 Å². The van der Waals surface area contributed by atoms with Crippen LogP contribution >= 0.6 is 15.9 Å². The smallest absolute Gasteiger partial charge is 0.160 e. The number of rotatable bonds is 2. The molecule has 1 aliphatic heterocycles. The maximum absolute atomic E-state index is 4.40. The van der Waals surface area contributed by atoms with Gasteiger partial charge in [-0.1, -0.05) is 0 Å². The molecule has 3 heterocycles. The van der Waals surface area contributed by atoms with E-state index in [-0.39, 0.29) is 0 Å². The fourth-order valence-corrected chi connectivity index (χ4v) is 3.13. The van der Waals surface area contributed by atoms with Crippen LogP contribution in [0.5, 0.6) is 0 Å². The van der Waals surface area contributed by atoms with Crippen molar-refractivity contribution in [3.63, 3.8) is 0 Å². The second kappa shape index (κ2) is 4.63. The summed E-state index contributed by atoms with van der Waals surface area (Å²) in [7, 11) is 0. The molecule has 0 amide bonds. The van der Waals surface area contributed by atoms with Crippen molar-refractivity contribution < 1.29 is 0 Å². The van der Waals surface area contributed by atoms with Crippen molar-refractivity contribution >= 4 is 21.6 Å². The molecule has 1 aliphatic rings. The maximum Gasteiger partial charge on any atom is 0.160 e. The van der Waals surface area contributed by atoms with Gasteiger partial charge in [0, 0.05) is 16.7 Å². The molecule has 2 aromatic rings. The Morgan fingerprint density at radius 1 is 1.33 bits per heavy atom. The number of halogens is 1. The molecule has 1 saturated heterocycles. The Hall–Kier alpha value is -0.940. The lowest BCUT2D eigenvalue weighted by Gasteiger charge is -2.26. The minimum atomic E-state index is 0.397. The quantitative estimate of drug-likeness (QED) is 0.855. The Labute approximate surface area is 115 Å². The van der Waals surface area contributed by atoms with E-state index in [2.05, 4.69) is 55.5 Å². The van der Waals surface area contributed by atoms with Gasteiger partial charge in [-0.2, -0.15) is 0 Å². The number of likely N-dealkylation sites (tertiary alicyclic amines) is 1. The molecule has 3 rings (SSSR count). The predicted molar refractivity (Wildman–Crippen MR) is 74.5 cm³/mol. The van der Waals surface area contributed by atoms with Gasteiger partial charge in [-0.05, 0) is 61.3 Å². The van der Waals surface area contributed by atoms with E-state index >= 15 is 0 Å². The third kappa shape index (κ3) is 1.95. The first-order valence-electron chi connectivity index (χ1n) is 6.43. The maximum atomic E-state index is 4.40. The molecule has 0 radical (unpaired) electrons. The van der Waals surface area contributed by atoms with Crippen LogP contribution in [0.25, 0.3) is 5.65 Å². The van der Waals surface area contributed by atoms with Crippen LogP contribution in [0.3, 0.4) is 0 Å². The molecule has 18 heavy (non-hydrogen) atoms. The van der Waals surface area contributed by atoms with Gasteiger partial charge in [0.05, 0.1) is 6.04 Å². The van der Waals surface area contributed by atoms with Gasteiger partial charge >= 0.3 is 0 Å². The second-order valence-corrected chi connectivity index (χ2v) is 6.04. The highest BCUT2D eigenvalue weighted by molar-refractivity contribution is 9.10. The molecule has 2 aromatic heterocycles. The minimum absolute atomic E-state index is 0.397. The molecular formula is C13H17BrN4. The van der Waals surface area contributed by atoms with E-state index in [9.17, 15) is 0 Å². The zero-order valence-electron chi connectivity index (χ0n) is 10.7. The van der Waals surface area contributed by atoms with Crippen molar-refractivity contribution in [1.82, 2.24) is 19.5 Å². The van der Waals surface area contributed by atoms with Crippen LogP contribution < -0.4 is 0 Å². The van der Waals surface area contributed by atoms with E-state index in [0.29, 0.717) is 12.1 Å². The largest absolute Gasteiger partial charge is 0.291 e. The summed E-state index contributed by atoms with van der Waals surface area (Å²) in [5, 5.41) is 8.67. The van der Waals surface area contributed by atoms with E-state index in [1.807, 2.05) is 12.1 Å². The second-order valence-electron chi connectivity index (χ2n) is 5.12. The summed E-state index contributed by atoms with van der Waals surface area (Å²) >= 11 is 3.51. The van der Waals surface area contributed by atoms with E-state index in [4.69, 9.17) is 0 Å². The molecule has 1 atom stereocenters. The summed E-state index contributed by atoms with van der Waals surface area (Å²) in [6.07, 6.45) is 4.47. The highest BCUT2D eigenvalue weighted by Gasteiger charge is 2.31. The van der Waals surface area contributed by atoms with E-state index < -0.39 is 0 Å². The van der Waals surface area contributed by atoms with Gasteiger partial charge in [0.25, 0.3) is 0 Å². The van der Waals surface area contributed by atoms with Crippen LogP contribution in [0.2, 0.25) is 0 Å². The molecule has 1 fully saturated rings. The Kier molecular flexibility index (Phi) is 3.11. The highest BCUT2D eigenvalue weighted by Crippen LogP contribution is 2.32. The van der Waals surface area contributed by atoms with Crippen LogP contribution in [0.1, 0.15) is 38.6 Å². The van der Waals surface area contributed by atoms with Gasteiger partial charge in [0.1, 0.15) is 0 Å².